The number of rotatable bonds is 6. The zero-order chi connectivity index (χ0) is 42.3. The Morgan fingerprint density at radius 1 is 0.638 bits per heavy atom. The van der Waals surface area contributed by atoms with Gasteiger partial charge in [0.2, 0.25) is 0 Å². The van der Waals surface area contributed by atoms with E-state index in [2.05, 4.69) is 71.3 Å². The van der Waals surface area contributed by atoms with Gasteiger partial charge in [-0.15, -0.1) is 0 Å². The van der Waals surface area contributed by atoms with Gasteiger partial charge in [-0.25, -0.2) is 0 Å². The molecule has 6 rings (SSSR count). The molecule has 0 radical (unpaired) electrons. The van der Waals surface area contributed by atoms with Crippen LogP contribution in [0.15, 0.2) is 65.1 Å². The minimum atomic E-state index is -4.53. The minimum absolute atomic E-state index is 0. The summed E-state index contributed by atoms with van der Waals surface area (Å²) < 4.78 is 95.1. The first-order chi connectivity index (χ1) is 26.6. The van der Waals surface area contributed by atoms with Crippen molar-refractivity contribution in [3.8, 4) is 11.5 Å². The fourth-order valence-corrected chi connectivity index (χ4v) is 8.29. The average Bonchev–Trinajstić information content (AvgIpc) is 3.13. The fraction of sp³-hybridized carbons (Fsp3) is 0.532. The molecule has 0 spiro atoms. The number of ether oxygens (including phenoxy) is 2. The Bertz CT molecular complexity index is 1930. The van der Waals surface area contributed by atoms with E-state index in [1.165, 1.54) is 42.8 Å². The van der Waals surface area contributed by atoms with Crippen molar-refractivity contribution in [2.45, 2.75) is 137 Å². The number of unbranched alkanes of at least 4 members (excludes halogenated alkanes) is 1. The van der Waals surface area contributed by atoms with E-state index in [4.69, 9.17) is 9.47 Å². The van der Waals surface area contributed by atoms with E-state index in [0.717, 1.165) is 62.3 Å². The maximum atomic E-state index is 13.8. The Morgan fingerprint density at radius 3 is 1.36 bits per heavy atom. The van der Waals surface area contributed by atoms with Crippen LogP contribution in [0.25, 0.3) is 21.5 Å². The zero-order valence-electron chi connectivity index (χ0n) is 35.3. The first-order valence-electron chi connectivity index (χ1n) is 20.1. The Hall–Kier alpha value is -2.67. The normalized spacial score (nSPS) is 20.2. The molecular formula is C47H58BrF6LiO3. The van der Waals surface area contributed by atoms with Gasteiger partial charge in [0, 0.05) is 10.0 Å². The molecule has 3 nitrogen and oxygen atoms in total. The van der Waals surface area contributed by atoms with Crippen LogP contribution in [0.4, 0.5) is 26.3 Å². The molecule has 4 aromatic carbocycles. The molecule has 4 aromatic rings. The van der Waals surface area contributed by atoms with Gasteiger partial charge in [-0.05, 0) is 126 Å². The monoisotopic (exact) mass is 870 g/mol. The second-order valence-electron chi connectivity index (χ2n) is 17.6. The Labute approximate surface area is 361 Å². The van der Waals surface area contributed by atoms with Crippen molar-refractivity contribution in [2.75, 3.05) is 0 Å². The number of hydrogen-bond acceptors (Lipinski definition) is 3. The summed E-state index contributed by atoms with van der Waals surface area (Å²) in [5, 5.41) is 1.18. The Balaban J connectivity index is 0.000000280. The summed E-state index contributed by atoms with van der Waals surface area (Å²) in [7, 11) is 0. The van der Waals surface area contributed by atoms with E-state index in [-0.39, 0.29) is 64.2 Å². The molecule has 0 heterocycles. The number of fused-ring (bicyclic) bond motifs is 2. The van der Waals surface area contributed by atoms with Crippen molar-refractivity contribution in [1.82, 2.24) is 0 Å². The minimum Gasteiger partial charge on any atom is -0.490 e. The summed E-state index contributed by atoms with van der Waals surface area (Å²) in [6.45, 7) is 19.0. The average molecular weight is 872 g/mol. The number of alkyl halides is 6. The molecule has 0 atom stereocenters. The van der Waals surface area contributed by atoms with Crippen LogP contribution in [0, 0.1) is 29.6 Å². The van der Waals surface area contributed by atoms with E-state index < -0.39 is 23.5 Å². The number of carbonyl (C=O) groups excluding carboxylic acids is 1. The maximum Gasteiger partial charge on any atom is 1.00 e. The van der Waals surface area contributed by atoms with Crippen LogP contribution in [-0.4, -0.2) is 18.5 Å². The number of aldehydes is 1. The molecule has 0 amide bonds. The zero-order valence-corrected chi connectivity index (χ0v) is 36.9. The molecule has 58 heavy (non-hydrogen) atoms. The van der Waals surface area contributed by atoms with Gasteiger partial charge in [-0.1, -0.05) is 101 Å². The van der Waals surface area contributed by atoms with E-state index >= 15 is 0 Å². The maximum absolute atomic E-state index is 13.8. The third-order valence-electron chi connectivity index (χ3n) is 11.4. The second-order valence-corrected chi connectivity index (χ2v) is 18.5. The van der Waals surface area contributed by atoms with Gasteiger partial charge in [0.25, 0.3) is 0 Å². The predicted molar refractivity (Wildman–Crippen MR) is 223 cm³/mol. The number of carbonyl (C=O) groups is 1. The van der Waals surface area contributed by atoms with E-state index in [9.17, 15) is 31.1 Å². The smallest absolute Gasteiger partial charge is 0.490 e. The molecule has 0 saturated heterocycles. The van der Waals surface area contributed by atoms with Crippen molar-refractivity contribution in [3.63, 3.8) is 0 Å². The van der Waals surface area contributed by atoms with Crippen molar-refractivity contribution in [2.24, 2.45) is 22.7 Å². The van der Waals surface area contributed by atoms with Crippen LogP contribution in [0.2, 0.25) is 0 Å². The molecule has 0 aromatic heterocycles. The molecule has 2 saturated carbocycles. The van der Waals surface area contributed by atoms with Crippen LogP contribution < -0.4 is 28.3 Å². The number of halogens is 7. The topological polar surface area (TPSA) is 35.5 Å². The molecule has 314 valence electrons. The van der Waals surface area contributed by atoms with Crippen molar-refractivity contribution in [3.05, 3.63) is 88.8 Å². The second kappa shape index (κ2) is 20.7. The van der Waals surface area contributed by atoms with E-state index in [1.54, 1.807) is 24.3 Å². The van der Waals surface area contributed by atoms with E-state index in [0.29, 0.717) is 34.5 Å². The quantitative estimate of drug-likeness (QED) is 0.0838. The summed E-state index contributed by atoms with van der Waals surface area (Å²) in [4.78, 5) is 10.9. The van der Waals surface area contributed by atoms with Gasteiger partial charge in [-0.2, -0.15) is 32.8 Å². The Kier molecular flexibility index (Phi) is 17.8. The molecule has 2 aliphatic rings. The van der Waals surface area contributed by atoms with Crippen molar-refractivity contribution < 1.29 is 59.5 Å². The van der Waals surface area contributed by atoms with Crippen LogP contribution in [0.3, 0.4) is 0 Å². The van der Waals surface area contributed by atoms with Gasteiger partial charge in [0.1, 0.15) is 28.9 Å². The summed E-state index contributed by atoms with van der Waals surface area (Å²) in [6.07, 6.45) is 0.636. The summed E-state index contributed by atoms with van der Waals surface area (Å²) >= 11 is 3.31. The number of hydrogen-bond donors (Lipinski definition) is 0. The van der Waals surface area contributed by atoms with Gasteiger partial charge < -0.3 is 16.4 Å². The Morgan fingerprint density at radius 2 is 1.02 bits per heavy atom. The molecule has 0 unspecified atom stereocenters. The molecule has 0 aliphatic heterocycles. The third-order valence-corrected chi connectivity index (χ3v) is 11.9. The fourth-order valence-electron chi connectivity index (χ4n) is 7.92. The van der Waals surface area contributed by atoms with Crippen molar-refractivity contribution >= 4 is 43.8 Å². The van der Waals surface area contributed by atoms with Crippen LogP contribution in [0.1, 0.15) is 134 Å². The van der Waals surface area contributed by atoms with Gasteiger partial charge in [-0.3, -0.25) is 4.79 Å². The molecule has 2 aliphatic carbocycles. The molecular weight excluding hydrogens is 813 g/mol. The van der Waals surface area contributed by atoms with Gasteiger partial charge in [0.05, 0.1) is 12.2 Å². The van der Waals surface area contributed by atoms with Crippen LogP contribution in [-0.2, 0) is 12.4 Å². The first kappa shape index (κ1) is 49.7. The summed E-state index contributed by atoms with van der Waals surface area (Å²) in [5.74, 6) is 0.996. The number of benzene rings is 4. The van der Waals surface area contributed by atoms with Crippen LogP contribution in [0.5, 0.6) is 11.5 Å². The largest absolute Gasteiger partial charge is 1.00 e. The SMILES string of the molecule is CC(C)(C)C1CCC(Oc2ccc3cc(Br)ccc3c2C(F)(F)F)CC1.CC(C)(C)C1CCC(Oc2ccc3cc(C=O)ccc3c2C(F)(F)F)CC1.[CH2-]CCC.[Li+]. The van der Waals surface area contributed by atoms with Crippen molar-refractivity contribution in [1.29, 1.82) is 0 Å². The van der Waals surface area contributed by atoms with E-state index in [1.807, 2.05) is 0 Å². The first-order valence-corrected chi connectivity index (χ1v) is 20.9. The predicted octanol–water partition coefficient (Wildman–Crippen LogP) is 12.9. The molecule has 2 fully saturated rings. The summed E-state index contributed by atoms with van der Waals surface area (Å²) in [5.41, 5.74) is -0.625. The third kappa shape index (κ3) is 13.4. The molecule has 0 N–H and O–H groups in total. The summed E-state index contributed by atoms with van der Waals surface area (Å²) in [6, 6.07) is 15.2. The van der Waals surface area contributed by atoms with Gasteiger partial charge in [0.15, 0.2) is 0 Å². The molecule has 0 bridgehead atoms. The standard InChI is InChI=1S/C22H25F3O2.C21H24BrF3O.C4H9.Li/c1-21(2,3)16-6-8-17(9-7-16)27-19-11-5-15-12-14(13-26)4-10-18(15)20(19)22(23,24)25;1-20(2,3)14-5-8-16(9-6-14)26-18-11-4-13-12-15(22)7-10-17(13)19(18)21(23,24)25;1-3-4-2;/h4-5,10-13,16-17H,6-9H2,1-3H3;4,7,10-12,14,16H,5-6,8-9H2,1-3H3;1,3-4H2,2H3;/q;;-1;+1. The molecule has 11 heteroatoms. The van der Waals surface area contributed by atoms with Crippen LogP contribution >= 0.6 is 15.9 Å². The van der Waals surface area contributed by atoms with Gasteiger partial charge >= 0.3 is 31.2 Å².